The number of hydrogen-bond acceptors (Lipinski definition) is 5. The molecule has 1 saturated heterocycles. The largest absolute Gasteiger partial charge is 0.486 e. The van der Waals surface area contributed by atoms with E-state index >= 15 is 0 Å². The van der Waals surface area contributed by atoms with Crippen molar-refractivity contribution in [3.8, 4) is 5.75 Å². The van der Waals surface area contributed by atoms with Crippen molar-refractivity contribution in [3.05, 3.63) is 47.8 Å². The Kier molecular flexibility index (Phi) is 4.08. The van der Waals surface area contributed by atoms with E-state index < -0.39 is 12.3 Å². The van der Waals surface area contributed by atoms with Crippen LogP contribution in [0.25, 0.3) is 0 Å². The molecular formula is C15H17N3O4. The first-order chi connectivity index (χ1) is 10.6. The van der Waals surface area contributed by atoms with Crippen molar-refractivity contribution >= 4 is 5.91 Å². The molecule has 1 aliphatic rings. The zero-order valence-corrected chi connectivity index (χ0v) is 11.8. The molecule has 2 heterocycles. The lowest BCUT2D eigenvalue weighted by Crippen LogP contribution is -2.36. The lowest BCUT2D eigenvalue weighted by molar-refractivity contribution is 0.0289. The highest BCUT2D eigenvalue weighted by atomic mass is 16.5. The maximum Gasteiger partial charge on any atom is 0.259 e. The molecule has 22 heavy (non-hydrogen) atoms. The van der Waals surface area contributed by atoms with Crippen LogP contribution in [0.1, 0.15) is 22.5 Å². The second kappa shape index (κ2) is 6.17. The molecule has 2 unspecified atom stereocenters. The number of carbonyl (C=O) groups excluding carboxylic acids is 1. The van der Waals surface area contributed by atoms with Crippen molar-refractivity contribution in [2.24, 2.45) is 0 Å². The second-order valence-electron chi connectivity index (χ2n) is 5.19. The standard InChI is InChI=1S/C15H17N3O4/c19-11-7-14(20)18(8-11)15(21)12-3-1-2-4-13(12)22-9-10-5-6-16-17-10/h1-6,11,14,19-20H,7-9H2,(H,16,17). The van der Waals surface area contributed by atoms with Crippen LogP contribution in [0.4, 0.5) is 0 Å². The van der Waals surface area contributed by atoms with Gasteiger partial charge >= 0.3 is 0 Å². The van der Waals surface area contributed by atoms with Crippen LogP contribution in [0.5, 0.6) is 5.75 Å². The van der Waals surface area contributed by atoms with Crippen LogP contribution >= 0.6 is 0 Å². The van der Waals surface area contributed by atoms with Gasteiger partial charge in [-0.2, -0.15) is 5.10 Å². The van der Waals surface area contributed by atoms with E-state index in [0.717, 1.165) is 5.69 Å². The number of amides is 1. The van der Waals surface area contributed by atoms with Crippen LogP contribution in [0, 0.1) is 0 Å². The lowest BCUT2D eigenvalue weighted by Gasteiger charge is -2.21. The summed E-state index contributed by atoms with van der Waals surface area (Å²) in [4.78, 5) is 13.8. The number of aliphatic hydroxyl groups is 2. The van der Waals surface area contributed by atoms with Crippen molar-refractivity contribution in [2.75, 3.05) is 6.54 Å². The molecule has 2 atom stereocenters. The molecule has 0 radical (unpaired) electrons. The second-order valence-corrected chi connectivity index (χ2v) is 5.19. The number of aliphatic hydroxyl groups excluding tert-OH is 2. The van der Waals surface area contributed by atoms with Gasteiger partial charge in [-0.05, 0) is 18.2 Å². The normalized spacial score (nSPS) is 21.1. The summed E-state index contributed by atoms with van der Waals surface area (Å²) in [6.07, 6.45) is 0.126. The third-order valence-electron chi connectivity index (χ3n) is 3.57. The summed E-state index contributed by atoms with van der Waals surface area (Å²) >= 11 is 0. The van der Waals surface area contributed by atoms with Crippen molar-refractivity contribution in [3.63, 3.8) is 0 Å². The highest BCUT2D eigenvalue weighted by Crippen LogP contribution is 2.25. The van der Waals surface area contributed by atoms with Crippen LogP contribution in [0.2, 0.25) is 0 Å². The van der Waals surface area contributed by atoms with Crippen molar-refractivity contribution in [2.45, 2.75) is 25.4 Å². The van der Waals surface area contributed by atoms with Crippen molar-refractivity contribution < 1.29 is 19.7 Å². The third-order valence-corrected chi connectivity index (χ3v) is 3.57. The summed E-state index contributed by atoms with van der Waals surface area (Å²) in [7, 11) is 0. The van der Waals surface area contributed by atoms with E-state index in [0.29, 0.717) is 11.3 Å². The van der Waals surface area contributed by atoms with E-state index in [2.05, 4.69) is 10.2 Å². The first-order valence-corrected chi connectivity index (χ1v) is 7.02. The summed E-state index contributed by atoms with van der Waals surface area (Å²) in [6, 6.07) is 8.62. The molecule has 3 rings (SSSR count). The maximum absolute atomic E-state index is 12.5. The molecule has 7 heteroatoms. The summed E-state index contributed by atoms with van der Waals surface area (Å²) in [6.45, 7) is 0.379. The molecule has 1 amide bonds. The highest BCUT2D eigenvalue weighted by Gasteiger charge is 2.34. The third kappa shape index (κ3) is 2.95. The number of H-pyrrole nitrogens is 1. The number of ether oxygens (including phenoxy) is 1. The molecule has 0 bridgehead atoms. The predicted molar refractivity (Wildman–Crippen MR) is 77.0 cm³/mol. The fraction of sp³-hybridized carbons (Fsp3) is 0.333. The van der Waals surface area contributed by atoms with Gasteiger partial charge in [0.2, 0.25) is 0 Å². The minimum atomic E-state index is -0.969. The number of hydrogen-bond donors (Lipinski definition) is 3. The molecule has 0 aliphatic carbocycles. The number of β-amino-alcohol motifs (C(OH)–C–C–N with tert-alkyl or cyclic N) is 1. The molecule has 3 N–H and O–H groups in total. The molecule has 0 spiro atoms. The van der Waals surface area contributed by atoms with Gasteiger partial charge in [-0.1, -0.05) is 12.1 Å². The number of aromatic amines is 1. The van der Waals surface area contributed by atoms with Gasteiger partial charge in [-0.15, -0.1) is 0 Å². The average Bonchev–Trinajstić information content (AvgIpc) is 3.14. The fourth-order valence-electron chi connectivity index (χ4n) is 2.46. The van der Waals surface area contributed by atoms with Gasteiger partial charge in [-0.3, -0.25) is 9.89 Å². The molecule has 7 nitrogen and oxygen atoms in total. The molecular weight excluding hydrogens is 286 g/mol. The minimum absolute atomic E-state index is 0.120. The zero-order valence-electron chi connectivity index (χ0n) is 11.8. The Bertz CT molecular complexity index is 644. The van der Waals surface area contributed by atoms with Crippen LogP contribution in [-0.4, -0.2) is 50.1 Å². The first-order valence-electron chi connectivity index (χ1n) is 7.02. The number of nitrogens with zero attached hydrogens (tertiary/aromatic N) is 2. The summed E-state index contributed by atoms with van der Waals surface area (Å²) in [5.74, 6) is 0.0694. The SMILES string of the molecule is O=C(c1ccccc1OCc1ccn[nH]1)N1CC(O)CC1O. The van der Waals surface area contributed by atoms with E-state index in [9.17, 15) is 15.0 Å². The van der Waals surface area contributed by atoms with E-state index in [1.807, 2.05) is 0 Å². The van der Waals surface area contributed by atoms with E-state index in [-0.39, 0.29) is 25.5 Å². The Hall–Kier alpha value is -2.38. The molecule has 2 aromatic rings. The van der Waals surface area contributed by atoms with Crippen LogP contribution in [0.3, 0.4) is 0 Å². The topological polar surface area (TPSA) is 98.7 Å². The molecule has 1 aromatic carbocycles. The van der Waals surface area contributed by atoms with Crippen molar-refractivity contribution in [1.29, 1.82) is 0 Å². The average molecular weight is 303 g/mol. The molecule has 116 valence electrons. The van der Waals surface area contributed by atoms with Gasteiger partial charge < -0.3 is 19.8 Å². The van der Waals surface area contributed by atoms with E-state index in [1.165, 1.54) is 4.90 Å². The number of benzene rings is 1. The Labute approximate surface area is 127 Å². The summed E-state index contributed by atoms with van der Waals surface area (Å²) < 4.78 is 5.66. The molecule has 1 aliphatic heterocycles. The van der Waals surface area contributed by atoms with Gasteiger partial charge in [0.15, 0.2) is 0 Å². The van der Waals surface area contributed by atoms with Crippen molar-refractivity contribution in [1.82, 2.24) is 15.1 Å². The molecule has 1 aromatic heterocycles. The summed E-state index contributed by atoms with van der Waals surface area (Å²) in [5.41, 5.74) is 1.15. The number of nitrogens with one attached hydrogen (secondary N) is 1. The number of likely N-dealkylation sites (tertiary alicyclic amines) is 1. The number of carbonyl (C=O) groups is 1. The fourth-order valence-corrected chi connectivity index (χ4v) is 2.46. The lowest BCUT2D eigenvalue weighted by atomic mass is 10.1. The Morgan fingerprint density at radius 3 is 2.86 bits per heavy atom. The first kappa shape index (κ1) is 14.6. The van der Waals surface area contributed by atoms with Crippen LogP contribution in [0.15, 0.2) is 36.5 Å². The number of para-hydroxylation sites is 1. The van der Waals surface area contributed by atoms with Gasteiger partial charge in [0.05, 0.1) is 17.4 Å². The molecule has 1 fully saturated rings. The molecule has 0 saturated carbocycles. The zero-order chi connectivity index (χ0) is 15.5. The van der Waals surface area contributed by atoms with Gasteiger partial charge in [-0.25, -0.2) is 0 Å². The predicted octanol–water partition coefficient (Wildman–Crippen LogP) is 0.514. The quantitative estimate of drug-likeness (QED) is 0.764. The Balaban J connectivity index is 1.77. The highest BCUT2D eigenvalue weighted by molar-refractivity contribution is 5.97. The van der Waals surface area contributed by atoms with Crippen LogP contribution < -0.4 is 4.74 Å². The minimum Gasteiger partial charge on any atom is -0.486 e. The number of rotatable bonds is 4. The number of aromatic nitrogens is 2. The Morgan fingerprint density at radius 2 is 2.18 bits per heavy atom. The van der Waals surface area contributed by atoms with Gasteiger partial charge in [0.1, 0.15) is 18.6 Å². The van der Waals surface area contributed by atoms with Gasteiger partial charge in [0, 0.05) is 19.2 Å². The van der Waals surface area contributed by atoms with Crippen LogP contribution in [-0.2, 0) is 6.61 Å². The van der Waals surface area contributed by atoms with Gasteiger partial charge in [0.25, 0.3) is 5.91 Å². The maximum atomic E-state index is 12.5. The summed E-state index contributed by atoms with van der Waals surface area (Å²) in [5, 5.41) is 26.0. The van der Waals surface area contributed by atoms with E-state index in [4.69, 9.17) is 4.74 Å². The van der Waals surface area contributed by atoms with E-state index in [1.54, 1.807) is 36.5 Å². The smallest absolute Gasteiger partial charge is 0.259 e. The Morgan fingerprint density at radius 1 is 1.36 bits per heavy atom. The monoisotopic (exact) mass is 303 g/mol.